The third kappa shape index (κ3) is 2.50. The molecule has 1 aromatic rings. The molecular formula is C12H15NO4. The van der Waals surface area contributed by atoms with Crippen molar-refractivity contribution in [2.45, 2.75) is 18.9 Å². The number of hydrogen-bond acceptors (Lipinski definition) is 4. The van der Waals surface area contributed by atoms with E-state index in [0.717, 1.165) is 24.0 Å². The van der Waals surface area contributed by atoms with E-state index in [1.54, 1.807) is 0 Å². The molecule has 1 atom stereocenters. The van der Waals surface area contributed by atoms with E-state index in [-0.39, 0.29) is 12.6 Å². The molecule has 0 saturated carbocycles. The van der Waals surface area contributed by atoms with Crippen LogP contribution in [0.2, 0.25) is 0 Å². The number of aliphatic carboxylic acids is 1. The zero-order valence-electron chi connectivity index (χ0n) is 9.60. The largest absolute Gasteiger partial charge is 0.493 e. The first-order chi connectivity index (χ1) is 8.10. The third-order valence-corrected chi connectivity index (χ3v) is 2.80. The summed E-state index contributed by atoms with van der Waals surface area (Å²) in [6, 6.07) is 3.83. The molecule has 0 saturated heterocycles. The van der Waals surface area contributed by atoms with Crippen molar-refractivity contribution in [2.24, 2.45) is 5.73 Å². The van der Waals surface area contributed by atoms with Gasteiger partial charge in [0.1, 0.15) is 0 Å². The predicted octanol–water partition coefficient (Wildman–Crippen LogP) is 0.584. The average molecular weight is 237 g/mol. The van der Waals surface area contributed by atoms with Gasteiger partial charge >= 0.3 is 5.97 Å². The third-order valence-electron chi connectivity index (χ3n) is 2.80. The zero-order chi connectivity index (χ0) is 12.4. The SMILES string of the molecule is COc1cc2c(cc1OCC(=O)O)CC(N)C2. The second-order valence-electron chi connectivity index (χ2n) is 4.12. The van der Waals surface area contributed by atoms with E-state index in [2.05, 4.69) is 0 Å². The van der Waals surface area contributed by atoms with Crippen LogP contribution in [-0.2, 0) is 17.6 Å². The highest BCUT2D eigenvalue weighted by atomic mass is 16.5. The van der Waals surface area contributed by atoms with Gasteiger partial charge in [-0.2, -0.15) is 0 Å². The zero-order valence-corrected chi connectivity index (χ0v) is 9.60. The highest BCUT2D eigenvalue weighted by Crippen LogP contribution is 2.34. The van der Waals surface area contributed by atoms with Crippen LogP contribution < -0.4 is 15.2 Å². The number of methoxy groups -OCH3 is 1. The van der Waals surface area contributed by atoms with Gasteiger partial charge in [0.05, 0.1) is 7.11 Å². The summed E-state index contributed by atoms with van der Waals surface area (Å²) in [5.74, 6) is 0.00565. The number of rotatable bonds is 4. The van der Waals surface area contributed by atoms with Crippen LogP contribution in [0, 0.1) is 0 Å². The van der Waals surface area contributed by atoms with Crippen LogP contribution in [0.3, 0.4) is 0 Å². The maximum absolute atomic E-state index is 10.5. The van der Waals surface area contributed by atoms with Gasteiger partial charge in [-0.1, -0.05) is 0 Å². The molecule has 92 valence electrons. The fraction of sp³-hybridized carbons (Fsp3) is 0.417. The predicted molar refractivity (Wildman–Crippen MR) is 61.5 cm³/mol. The molecule has 1 aromatic carbocycles. The Bertz CT molecular complexity index is 444. The first-order valence-electron chi connectivity index (χ1n) is 5.40. The molecule has 1 aliphatic carbocycles. The second kappa shape index (κ2) is 4.63. The van der Waals surface area contributed by atoms with E-state index >= 15 is 0 Å². The quantitative estimate of drug-likeness (QED) is 0.800. The van der Waals surface area contributed by atoms with Crippen LogP contribution in [0.15, 0.2) is 12.1 Å². The Morgan fingerprint density at radius 2 is 2.00 bits per heavy atom. The first-order valence-corrected chi connectivity index (χ1v) is 5.40. The molecule has 0 heterocycles. The Kier molecular flexibility index (Phi) is 3.19. The van der Waals surface area contributed by atoms with Crippen molar-refractivity contribution in [3.8, 4) is 11.5 Å². The van der Waals surface area contributed by atoms with E-state index in [4.69, 9.17) is 20.3 Å². The van der Waals surface area contributed by atoms with Crippen LogP contribution in [0.1, 0.15) is 11.1 Å². The second-order valence-corrected chi connectivity index (χ2v) is 4.12. The molecule has 0 aliphatic heterocycles. The number of benzene rings is 1. The molecular weight excluding hydrogens is 222 g/mol. The summed E-state index contributed by atoms with van der Waals surface area (Å²) in [4.78, 5) is 10.5. The molecule has 0 radical (unpaired) electrons. The molecule has 1 unspecified atom stereocenters. The molecule has 0 aromatic heterocycles. The molecule has 17 heavy (non-hydrogen) atoms. The minimum atomic E-state index is -1.01. The molecule has 0 fully saturated rings. The topological polar surface area (TPSA) is 81.8 Å². The summed E-state index contributed by atoms with van der Waals surface area (Å²) >= 11 is 0. The number of hydrogen-bond donors (Lipinski definition) is 2. The Morgan fingerprint density at radius 3 is 2.53 bits per heavy atom. The van der Waals surface area contributed by atoms with Crippen molar-refractivity contribution >= 4 is 5.97 Å². The number of fused-ring (bicyclic) bond motifs is 1. The summed E-state index contributed by atoms with van der Waals surface area (Å²) in [5.41, 5.74) is 8.13. The number of ether oxygens (including phenoxy) is 2. The lowest BCUT2D eigenvalue weighted by molar-refractivity contribution is -0.139. The van der Waals surface area contributed by atoms with E-state index in [1.165, 1.54) is 7.11 Å². The van der Waals surface area contributed by atoms with Crippen LogP contribution >= 0.6 is 0 Å². The standard InChI is InChI=1S/C12H15NO4/c1-16-10-4-7-2-9(13)3-8(7)5-11(10)17-6-12(14)15/h4-5,9H,2-3,6,13H2,1H3,(H,14,15). The summed E-state index contributed by atoms with van der Waals surface area (Å²) in [7, 11) is 1.53. The lowest BCUT2D eigenvalue weighted by Crippen LogP contribution is -2.18. The van der Waals surface area contributed by atoms with Crippen LogP contribution in [0.25, 0.3) is 0 Å². The highest BCUT2D eigenvalue weighted by Gasteiger charge is 2.21. The summed E-state index contributed by atoms with van der Waals surface area (Å²) in [5, 5.41) is 8.59. The van der Waals surface area contributed by atoms with Crippen LogP contribution in [0.5, 0.6) is 11.5 Å². The molecule has 5 nitrogen and oxygen atoms in total. The van der Waals surface area contributed by atoms with Crippen molar-refractivity contribution in [2.75, 3.05) is 13.7 Å². The van der Waals surface area contributed by atoms with Gasteiger partial charge < -0.3 is 20.3 Å². The monoisotopic (exact) mass is 237 g/mol. The lowest BCUT2D eigenvalue weighted by Gasteiger charge is -2.11. The number of carboxylic acids is 1. The first kappa shape index (κ1) is 11.7. The highest BCUT2D eigenvalue weighted by molar-refractivity contribution is 5.68. The Balaban J connectivity index is 2.26. The van der Waals surface area contributed by atoms with E-state index in [1.807, 2.05) is 12.1 Å². The lowest BCUT2D eigenvalue weighted by atomic mass is 10.1. The molecule has 3 N–H and O–H groups in total. The van der Waals surface area contributed by atoms with Gasteiger partial charge in [0, 0.05) is 6.04 Å². The Hall–Kier alpha value is -1.75. The van der Waals surface area contributed by atoms with Gasteiger partial charge in [-0.05, 0) is 36.1 Å². The molecule has 1 aliphatic rings. The molecule has 5 heteroatoms. The maximum Gasteiger partial charge on any atom is 0.341 e. The van der Waals surface area contributed by atoms with Crippen molar-refractivity contribution in [3.63, 3.8) is 0 Å². The maximum atomic E-state index is 10.5. The van der Waals surface area contributed by atoms with Gasteiger partial charge in [-0.15, -0.1) is 0 Å². The van der Waals surface area contributed by atoms with Crippen LogP contribution in [-0.4, -0.2) is 30.8 Å². The summed E-state index contributed by atoms with van der Waals surface area (Å²) < 4.78 is 10.4. The average Bonchev–Trinajstić information content (AvgIpc) is 2.63. The minimum absolute atomic E-state index is 0.129. The normalized spacial score (nSPS) is 17.6. The van der Waals surface area contributed by atoms with Crippen molar-refractivity contribution < 1.29 is 19.4 Å². The van der Waals surface area contributed by atoms with Gasteiger partial charge in [0.15, 0.2) is 18.1 Å². The molecule has 0 amide bonds. The minimum Gasteiger partial charge on any atom is -0.493 e. The van der Waals surface area contributed by atoms with Crippen molar-refractivity contribution in [1.29, 1.82) is 0 Å². The molecule has 0 spiro atoms. The fourth-order valence-electron chi connectivity index (χ4n) is 2.07. The van der Waals surface area contributed by atoms with Gasteiger partial charge in [0.25, 0.3) is 0 Å². The fourth-order valence-corrected chi connectivity index (χ4v) is 2.07. The van der Waals surface area contributed by atoms with Gasteiger partial charge in [0.2, 0.25) is 0 Å². The van der Waals surface area contributed by atoms with E-state index < -0.39 is 5.97 Å². The molecule has 2 rings (SSSR count). The van der Waals surface area contributed by atoms with E-state index in [9.17, 15) is 4.79 Å². The van der Waals surface area contributed by atoms with Crippen LogP contribution in [0.4, 0.5) is 0 Å². The summed E-state index contributed by atoms with van der Waals surface area (Å²) in [6.07, 6.45) is 1.62. The number of nitrogens with two attached hydrogens (primary N) is 1. The van der Waals surface area contributed by atoms with Gasteiger partial charge in [-0.25, -0.2) is 4.79 Å². The smallest absolute Gasteiger partial charge is 0.341 e. The van der Waals surface area contributed by atoms with Crippen molar-refractivity contribution in [3.05, 3.63) is 23.3 Å². The summed E-state index contributed by atoms with van der Waals surface area (Å²) in [6.45, 7) is -0.374. The number of carbonyl (C=O) groups is 1. The van der Waals surface area contributed by atoms with E-state index in [0.29, 0.717) is 11.5 Å². The number of carboxylic acid groups (broad SMARTS) is 1. The molecule has 0 bridgehead atoms. The Morgan fingerprint density at radius 1 is 1.41 bits per heavy atom. The van der Waals surface area contributed by atoms with Gasteiger partial charge in [-0.3, -0.25) is 0 Å². The Labute approximate surface area is 99.1 Å². The van der Waals surface area contributed by atoms with Crippen molar-refractivity contribution in [1.82, 2.24) is 0 Å².